The Morgan fingerprint density at radius 1 is 1.39 bits per heavy atom. The van der Waals surface area contributed by atoms with Crippen LogP contribution in [-0.4, -0.2) is 23.4 Å². The Kier molecular flexibility index (Phi) is 5.20. The first-order chi connectivity index (χ1) is 8.31. The lowest BCUT2D eigenvalue weighted by molar-refractivity contribution is -0.116. The summed E-state index contributed by atoms with van der Waals surface area (Å²) in [5.41, 5.74) is 0.688. The van der Waals surface area contributed by atoms with Gasteiger partial charge in [-0.15, -0.1) is 11.8 Å². The van der Waals surface area contributed by atoms with E-state index in [2.05, 4.69) is 20.8 Å². The van der Waals surface area contributed by atoms with Crippen molar-refractivity contribution in [3.8, 4) is 5.75 Å². The minimum absolute atomic E-state index is 0.0703. The largest absolute Gasteiger partial charge is 0.494 e. The number of Topliss-reactive ketones (excluding diaryl/α,β-unsaturated/α-hetero) is 1. The van der Waals surface area contributed by atoms with Crippen molar-refractivity contribution in [1.82, 2.24) is 0 Å². The Bertz CT molecular complexity index is 424. The number of methoxy groups -OCH3 is 1. The maximum absolute atomic E-state index is 13.4. The summed E-state index contributed by atoms with van der Waals surface area (Å²) < 4.78 is 18.3. The van der Waals surface area contributed by atoms with Crippen LogP contribution in [0.15, 0.2) is 18.2 Å². The number of halogens is 1. The molecule has 0 amide bonds. The number of rotatable bonds is 5. The van der Waals surface area contributed by atoms with E-state index < -0.39 is 5.82 Å². The lowest BCUT2D eigenvalue weighted by Gasteiger charge is -2.16. The molecule has 0 aliphatic carbocycles. The van der Waals surface area contributed by atoms with Crippen molar-refractivity contribution in [2.24, 2.45) is 0 Å². The van der Waals surface area contributed by atoms with Gasteiger partial charge in [-0.05, 0) is 17.7 Å². The van der Waals surface area contributed by atoms with Gasteiger partial charge < -0.3 is 4.74 Å². The molecular formula is C14H19FO2S. The van der Waals surface area contributed by atoms with E-state index >= 15 is 0 Å². The average molecular weight is 270 g/mol. The molecule has 4 heteroatoms. The molecule has 0 unspecified atom stereocenters. The van der Waals surface area contributed by atoms with Crippen molar-refractivity contribution in [3.05, 3.63) is 29.6 Å². The van der Waals surface area contributed by atoms with Gasteiger partial charge in [-0.1, -0.05) is 26.8 Å². The number of carbonyl (C=O) groups is 1. The monoisotopic (exact) mass is 270 g/mol. The van der Waals surface area contributed by atoms with Crippen molar-refractivity contribution in [1.29, 1.82) is 0 Å². The Hall–Kier alpha value is -1.03. The van der Waals surface area contributed by atoms with Crippen LogP contribution >= 0.6 is 11.8 Å². The lowest BCUT2D eigenvalue weighted by atomic mass is 10.1. The third kappa shape index (κ3) is 5.08. The summed E-state index contributed by atoms with van der Waals surface area (Å²) in [6.07, 6.45) is 0.268. The molecule has 0 N–H and O–H groups in total. The predicted molar refractivity (Wildman–Crippen MR) is 73.9 cm³/mol. The fraction of sp³-hybridized carbons (Fsp3) is 0.500. The van der Waals surface area contributed by atoms with E-state index in [1.54, 1.807) is 23.9 Å². The van der Waals surface area contributed by atoms with Gasteiger partial charge >= 0.3 is 0 Å². The van der Waals surface area contributed by atoms with Crippen molar-refractivity contribution in [3.63, 3.8) is 0 Å². The molecule has 0 saturated carbocycles. The summed E-state index contributed by atoms with van der Waals surface area (Å²) >= 11 is 1.60. The van der Waals surface area contributed by atoms with E-state index in [0.29, 0.717) is 11.3 Å². The van der Waals surface area contributed by atoms with E-state index in [0.717, 1.165) is 0 Å². The van der Waals surface area contributed by atoms with Crippen LogP contribution in [0, 0.1) is 5.82 Å². The third-order valence-electron chi connectivity index (χ3n) is 2.28. The van der Waals surface area contributed by atoms with Crippen LogP contribution in [-0.2, 0) is 11.2 Å². The summed E-state index contributed by atoms with van der Waals surface area (Å²) in [6.45, 7) is 6.20. The maximum atomic E-state index is 13.4. The first-order valence-corrected chi connectivity index (χ1v) is 6.78. The SMILES string of the molecule is COc1ccc(CC(=O)CSC(C)(C)C)cc1F. The van der Waals surface area contributed by atoms with Gasteiger partial charge in [0, 0.05) is 11.2 Å². The first kappa shape index (κ1) is 15.0. The molecule has 0 saturated heterocycles. The van der Waals surface area contributed by atoms with Gasteiger partial charge in [-0.25, -0.2) is 4.39 Å². The second kappa shape index (κ2) is 6.23. The average Bonchev–Trinajstić information content (AvgIpc) is 2.26. The zero-order valence-electron chi connectivity index (χ0n) is 11.2. The molecule has 0 aromatic heterocycles. The van der Waals surface area contributed by atoms with Gasteiger partial charge in [-0.3, -0.25) is 4.79 Å². The summed E-state index contributed by atoms with van der Waals surface area (Å²) in [5, 5.41) is 0. The molecule has 0 spiro atoms. The van der Waals surface area contributed by atoms with Gasteiger partial charge in [0.2, 0.25) is 0 Å². The zero-order chi connectivity index (χ0) is 13.8. The van der Waals surface area contributed by atoms with Crippen molar-refractivity contribution >= 4 is 17.5 Å². The van der Waals surface area contributed by atoms with Crippen LogP contribution < -0.4 is 4.74 Å². The zero-order valence-corrected chi connectivity index (χ0v) is 12.1. The quantitative estimate of drug-likeness (QED) is 0.819. The van der Waals surface area contributed by atoms with Gasteiger partial charge in [0.05, 0.1) is 12.9 Å². The number of carbonyl (C=O) groups excluding carboxylic acids is 1. The molecule has 0 radical (unpaired) electrons. The molecule has 0 aliphatic heterocycles. The molecule has 0 bridgehead atoms. The highest BCUT2D eigenvalue weighted by molar-refractivity contribution is 8.01. The molecule has 1 rings (SSSR count). The predicted octanol–water partition coefficient (Wildman–Crippen LogP) is 3.48. The molecule has 2 nitrogen and oxygen atoms in total. The van der Waals surface area contributed by atoms with Crippen LogP contribution in [0.1, 0.15) is 26.3 Å². The summed E-state index contributed by atoms with van der Waals surface area (Å²) in [4.78, 5) is 11.8. The Morgan fingerprint density at radius 2 is 2.06 bits per heavy atom. The normalized spacial score (nSPS) is 11.4. The number of ether oxygens (including phenoxy) is 1. The fourth-order valence-electron chi connectivity index (χ4n) is 1.40. The summed E-state index contributed by atoms with van der Waals surface area (Å²) in [6, 6.07) is 4.63. The smallest absolute Gasteiger partial charge is 0.165 e. The first-order valence-electron chi connectivity index (χ1n) is 5.80. The standard InChI is InChI=1S/C14H19FO2S/c1-14(2,3)18-9-11(16)7-10-5-6-13(17-4)12(15)8-10/h5-6,8H,7,9H2,1-4H3. The number of hydrogen-bond acceptors (Lipinski definition) is 3. The van der Waals surface area contributed by atoms with Gasteiger partial charge in [-0.2, -0.15) is 0 Å². The second-order valence-electron chi connectivity index (χ2n) is 5.09. The Balaban J connectivity index is 2.57. The van der Waals surface area contributed by atoms with Crippen molar-refractivity contribution in [2.75, 3.05) is 12.9 Å². The molecule has 0 aliphatic rings. The minimum Gasteiger partial charge on any atom is -0.494 e. The van der Waals surface area contributed by atoms with Crippen molar-refractivity contribution in [2.45, 2.75) is 31.9 Å². The minimum atomic E-state index is -0.425. The summed E-state index contributed by atoms with van der Waals surface area (Å²) in [7, 11) is 1.42. The van der Waals surface area contributed by atoms with Crippen LogP contribution in [0.25, 0.3) is 0 Å². The Labute approximate surface area is 112 Å². The second-order valence-corrected chi connectivity index (χ2v) is 6.89. The van der Waals surface area contributed by atoms with Crippen LogP contribution in [0.2, 0.25) is 0 Å². The number of hydrogen-bond donors (Lipinski definition) is 0. The third-order valence-corrected chi connectivity index (χ3v) is 3.62. The molecule has 0 atom stereocenters. The number of ketones is 1. The maximum Gasteiger partial charge on any atom is 0.165 e. The van der Waals surface area contributed by atoms with Gasteiger partial charge in [0.15, 0.2) is 11.6 Å². The van der Waals surface area contributed by atoms with E-state index in [4.69, 9.17) is 4.74 Å². The van der Waals surface area contributed by atoms with E-state index in [-0.39, 0.29) is 22.7 Å². The highest BCUT2D eigenvalue weighted by Crippen LogP contribution is 2.24. The molecule has 1 aromatic rings. The Morgan fingerprint density at radius 3 is 2.56 bits per heavy atom. The summed E-state index contributed by atoms with van der Waals surface area (Å²) in [5.74, 6) is 0.345. The van der Waals surface area contributed by atoms with Crippen LogP contribution in [0.3, 0.4) is 0 Å². The molecule has 100 valence electrons. The highest BCUT2D eigenvalue weighted by Gasteiger charge is 2.14. The molecule has 1 aromatic carbocycles. The highest BCUT2D eigenvalue weighted by atomic mass is 32.2. The van der Waals surface area contributed by atoms with E-state index in [9.17, 15) is 9.18 Å². The van der Waals surface area contributed by atoms with Crippen LogP contribution in [0.4, 0.5) is 4.39 Å². The molecular weight excluding hydrogens is 251 g/mol. The van der Waals surface area contributed by atoms with E-state index in [1.807, 2.05) is 0 Å². The topological polar surface area (TPSA) is 26.3 Å². The van der Waals surface area contributed by atoms with E-state index in [1.165, 1.54) is 13.2 Å². The van der Waals surface area contributed by atoms with Gasteiger partial charge in [0.1, 0.15) is 5.78 Å². The molecule has 0 fully saturated rings. The lowest BCUT2D eigenvalue weighted by Crippen LogP contribution is -2.14. The van der Waals surface area contributed by atoms with Crippen LogP contribution in [0.5, 0.6) is 5.75 Å². The number of thioether (sulfide) groups is 1. The molecule has 0 heterocycles. The van der Waals surface area contributed by atoms with Gasteiger partial charge in [0.25, 0.3) is 0 Å². The molecule has 18 heavy (non-hydrogen) atoms. The van der Waals surface area contributed by atoms with Crippen molar-refractivity contribution < 1.29 is 13.9 Å². The number of benzene rings is 1. The fourth-order valence-corrected chi connectivity index (χ4v) is 2.09.